The van der Waals surface area contributed by atoms with E-state index < -0.39 is 0 Å². The molecule has 1 heterocycles. The molecule has 0 bridgehead atoms. The number of benzene rings is 2. The smallest absolute Gasteiger partial charge is 0.255 e. The van der Waals surface area contributed by atoms with E-state index in [4.69, 9.17) is 0 Å². The minimum Gasteiger partial charge on any atom is -0.372 e. The Kier molecular flexibility index (Phi) is 4.79. The maximum Gasteiger partial charge on any atom is 0.255 e. The monoisotopic (exact) mass is 323 g/mol. The number of anilines is 3. The highest BCUT2D eigenvalue weighted by Crippen LogP contribution is 2.21. The van der Waals surface area contributed by atoms with Crippen LogP contribution >= 0.6 is 0 Å². The van der Waals surface area contributed by atoms with E-state index in [9.17, 15) is 9.59 Å². The molecule has 0 spiro atoms. The maximum absolute atomic E-state index is 12.3. The van der Waals surface area contributed by atoms with Gasteiger partial charge in [0.05, 0.1) is 0 Å². The van der Waals surface area contributed by atoms with Crippen LogP contribution in [0.15, 0.2) is 48.5 Å². The number of nitrogens with one attached hydrogen (secondary N) is 2. The van der Waals surface area contributed by atoms with Crippen molar-refractivity contribution in [2.24, 2.45) is 0 Å². The molecule has 2 aromatic carbocycles. The Morgan fingerprint density at radius 2 is 1.38 bits per heavy atom. The highest BCUT2D eigenvalue weighted by Gasteiger charge is 2.13. The van der Waals surface area contributed by atoms with Gasteiger partial charge in [-0.2, -0.15) is 0 Å². The van der Waals surface area contributed by atoms with Crippen LogP contribution in [-0.4, -0.2) is 24.9 Å². The van der Waals surface area contributed by atoms with Crippen molar-refractivity contribution in [3.8, 4) is 0 Å². The minimum absolute atomic E-state index is 0.120. The van der Waals surface area contributed by atoms with E-state index in [1.54, 1.807) is 24.3 Å². The molecule has 5 heteroatoms. The van der Waals surface area contributed by atoms with Crippen molar-refractivity contribution in [3.05, 3.63) is 54.1 Å². The molecule has 0 atom stereocenters. The van der Waals surface area contributed by atoms with Gasteiger partial charge in [-0.25, -0.2) is 0 Å². The summed E-state index contributed by atoms with van der Waals surface area (Å²) in [6.45, 7) is 3.64. The summed E-state index contributed by atoms with van der Waals surface area (Å²) < 4.78 is 0. The molecule has 2 N–H and O–H groups in total. The Balaban J connectivity index is 1.62. The Hall–Kier alpha value is -2.82. The van der Waals surface area contributed by atoms with Crippen LogP contribution in [0.1, 0.15) is 30.1 Å². The van der Waals surface area contributed by atoms with E-state index in [0.29, 0.717) is 16.9 Å². The van der Waals surface area contributed by atoms with E-state index >= 15 is 0 Å². The summed E-state index contributed by atoms with van der Waals surface area (Å²) in [4.78, 5) is 25.6. The van der Waals surface area contributed by atoms with Crippen LogP contribution in [-0.2, 0) is 4.79 Å². The molecule has 1 aliphatic heterocycles. The Morgan fingerprint density at radius 3 is 1.92 bits per heavy atom. The highest BCUT2D eigenvalue weighted by molar-refractivity contribution is 6.04. The van der Waals surface area contributed by atoms with Crippen LogP contribution in [0.5, 0.6) is 0 Å². The molecule has 1 saturated heterocycles. The van der Waals surface area contributed by atoms with Crippen molar-refractivity contribution in [2.45, 2.75) is 19.8 Å². The predicted octanol–water partition coefficient (Wildman–Crippen LogP) is 3.50. The summed E-state index contributed by atoms with van der Waals surface area (Å²) in [6.07, 6.45) is 2.47. The van der Waals surface area contributed by atoms with Crippen molar-refractivity contribution in [3.63, 3.8) is 0 Å². The van der Waals surface area contributed by atoms with Gasteiger partial charge in [-0.3, -0.25) is 9.59 Å². The Labute approximate surface area is 141 Å². The van der Waals surface area contributed by atoms with Gasteiger partial charge in [-0.05, 0) is 61.4 Å². The zero-order chi connectivity index (χ0) is 16.9. The van der Waals surface area contributed by atoms with E-state index in [1.165, 1.54) is 25.5 Å². The molecule has 124 valence electrons. The summed E-state index contributed by atoms with van der Waals surface area (Å²) in [5.41, 5.74) is 3.20. The lowest BCUT2D eigenvalue weighted by atomic mass is 10.1. The second-order valence-electron chi connectivity index (χ2n) is 5.95. The molecule has 1 aliphatic rings. The number of hydrogen-bond acceptors (Lipinski definition) is 3. The fraction of sp³-hybridized carbons (Fsp3) is 0.263. The first kappa shape index (κ1) is 16.1. The SMILES string of the molecule is CC(=O)Nc1ccc(NC(=O)c2ccc(N3CCCC3)cc2)cc1. The molecule has 0 radical (unpaired) electrons. The second kappa shape index (κ2) is 7.17. The van der Waals surface area contributed by atoms with Crippen molar-refractivity contribution in [2.75, 3.05) is 28.6 Å². The van der Waals surface area contributed by atoms with Gasteiger partial charge in [0.25, 0.3) is 5.91 Å². The van der Waals surface area contributed by atoms with Gasteiger partial charge in [0, 0.05) is 42.6 Å². The fourth-order valence-electron chi connectivity index (χ4n) is 2.84. The second-order valence-corrected chi connectivity index (χ2v) is 5.95. The molecule has 0 aromatic heterocycles. The van der Waals surface area contributed by atoms with E-state index in [-0.39, 0.29) is 11.8 Å². The van der Waals surface area contributed by atoms with Gasteiger partial charge < -0.3 is 15.5 Å². The lowest BCUT2D eigenvalue weighted by molar-refractivity contribution is -0.114. The average Bonchev–Trinajstić information content (AvgIpc) is 3.11. The number of hydrogen-bond donors (Lipinski definition) is 2. The van der Waals surface area contributed by atoms with Crippen LogP contribution in [0, 0.1) is 0 Å². The summed E-state index contributed by atoms with van der Waals surface area (Å²) in [6, 6.07) is 14.8. The molecule has 0 aliphatic carbocycles. The molecule has 2 amide bonds. The van der Waals surface area contributed by atoms with Crippen LogP contribution < -0.4 is 15.5 Å². The molecular formula is C19H21N3O2. The third-order valence-electron chi connectivity index (χ3n) is 4.06. The average molecular weight is 323 g/mol. The topological polar surface area (TPSA) is 61.4 Å². The first-order valence-corrected chi connectivity index (χ1v) is 8.16. The van der Waals surface area contributed by atoms with Gasteiger partial charge in [-0.15, -0.1) is 0 Å². The largest absolute Gasteiger partial charge is 0.372 e. The van der Waals surface area contributed by atoms with Gasteiger partial charge in [-0.1, -0.05) is 0 Å². The number of carbonyl (C=O) groups excluding carboxylic acids is 2. The van der Waals surface area contributed by atoms with E-state index in [0.717, 1.165) is 13.1 Å². The fourth-order valence-corrected chi connectivity index (χ4v) is 2.84. The van der Waals surface area contributed by atoms with Crippen molar-refractivity contribution in [1.82, 2.24) is 0 Å². The molecule has 5 nitrogen and oxygen atoms in total. The molecule has 24 heavy (non-hydrogen) atoms. The summed E-state index contributed by atoms with van der Waals surface area (Å²) in [7, 11) is 0. The molecule has 0 saturated carbocycles. The van der Waals surface area contributed by atoms with Crippen LogP contribution in [0.25, 0.3) is 0 Å². The van der Waals surface area contributed by atoms with Gasteiger partial charge in [0.15, 0.2) is 0 Å². The third kappa shape index (κ3) is 3.93. The van der Waals surface area contributed by atoms with E-state index in [2.05, 4.69) is 15.5 Å². The Bertz CT molecular complexity index is 717. The van der Waals surface area contributed by atoms with Gasteiger partial charge >= 0.3 is 0 Å². The first-order valence-electron chi connectivity index (χ1n) is 8.16. The van der Waals surface area contributed by atoms with Crippen LogP contribution in [0.2, 0.25) is 0 Å². The van der Waals surface area contributed by atoms with Crippen molar-refractivity contribution in [1.29, 1.82) is 0 Å². The van der Waals surface area contributed by atoms with Crippen molar-refractivity contribution >= 4 is 28.9 Å². The number of amides is 2. The van der Waals surface area contributed by atoms with Crippen LogP contribution in [0.3, 0.4) is 0 Å². The minimum atomic E-state index is -0.143. The van der Waals surface area contributed by atoms with Gasteiger partial charge in [0.2, 0.25) is 5.91 Å². The number of rotatable bonds is 4. The number of nitrogens with zero attached hydrogens (tertiary/aromatic N) is 1. The van der Waals surface area contributed by atoms with Gasteiger partial charge in [0.1, 0.15) is 0 Å². The van der Waals surface area contributed by atoms with Crippen LogP contribution in [0.4, 0.5) is 17.1 Å². The molecule has 0 unspecified atom stereocenters. The predicted molar refractivity (Wildman–Crippen MR) is 96.6 cm³/mol. The molecule has 3 rings (SSSR count). The molecule has 2 aromatic rings. The summed E-state index contributed by atoms with van der Waals surface area (Å²) in [5, 5.41) is 5.56. The third-order valence-corrected chi connectivity index (χ3v) is 4.06. The lowest BCUT2D eigenvalue weighted by Gasteiger charge is -2.17. The summed E-state index contributed by atoms with van der Waals surface area (Å²) >= 11 is 0. The molecular weight excluding hydrogens is 302 g/mol. The van der Waals surface area contributed by atoms with Crippen molar-refractivity contribution < 1.29 is 9.59 Å². The van der Waals surface area contributed by atoms with E-state index in [1.807, 2.05) is 24.3 Å². The maximum atomic E-state index is 12.3. The zero-order valence-electron chi connectivity index (χ0n) is 13.7. The lowest BCUT2D eigenvalue weighted by Crippen LogP contribution is -2.18. The highest BCUT2D eigenvalue weighted by atomic mass is 16.2. The quantitative estimate of drug-likeness (QED) is 0.905. The molecule has 1 fully saturated rings. The standard InChI is InChI=1S/C19H21N3O2/c1-14(23)20-16-6-8-17(9-7-16)21-19(24)15-4-10-18(11-5-15)22-12-2-3-13-22/h4-11H,2-3,12-13H2,1H3,(H,20,23)(H,21,24). The number of carbonyl (C=O) groups is 2. The summed E-state index contributed by atoms with van der Waals surface area (Å²) in [5.74, 6) is -0.264. The first-order chi connectivity index (χ1) is 11.6. The normalized spacial score (nSPS) is 13.6. The Morgan fingerprint density at radius 1 is 0.833 bits per heavy atom. The zero-order valence-corrected chi connectivity index (χ0v) is 13.7.